The van der Waals surface area contributed by atoms with Gasteiger partial charge >= 0.3 is 5.88 Å². The van der Waals surface area contributed by atoms with Gasteiger partial charge in [-0.05, 0) is 41.4 Å². The Bertz CT molecular complexity index is 757. The van der Waals surface area contributed by atoms with Gasteiger partial charge in [0.1, 0.15) is 16.2 Å². The molecule has 100 valence electrons. The van der Waals surface area contributed by atoms with E-state index in [1.54, 1.807) is 11.5 Å². The summed E-state index contributed by atoms with van der Waals surface area (Å²) in [4.78, 5) is 14.2. The van der Waals surface area contributed by atoms with Crippen molar-refractivity contribution in [2.24, 2.45) is 0 Å². The first-order valence-corrected chi connectivity index (χ1v) is 6.53. The highest BCUT2D eigenvalue weighted by atomic mass is 32.2. The minimum absolute atomic E-state index is 0.281. The molecule has 0 radical (unpaired) electrons. The first-order valence-electron chi connectivity index (χ1n) is 5.65. The Labute approximate surface area is 117 Å². The molecule has 0 N–H and O–H groups in total. The Hall–Kier alpha value is -2.54. The van der Waals surface area contributed by atoms with Crippen molar-refractivity contribution in [2.75, 3.05) is 0 Å². The number of rotatable bonds is 4. The van der Waals surface area contributed by atoms with Gasteiger partial charge < -0.3 is 8.83 Å². The Kier molecular flexibility index (Phi) is 3.26. The maximum absolute atomic E-state index is 10.5. The monoisotopic (exact) mass is 288 g/mol. The van der Waals surface area contributed by atoms with Crippen LogP contribution < -0.4 is 0 Å². The van der Waals surface area contributed by atoms with E-state index >= 15 is 0 Å². The van der Waals surface area contributed by atoms with Crippen molar-refractivity contribution in [1.29, 1.82) is 0 Å². The van der Waals surface area contributed by atoms with Crippen LogP contribution in [0.5, 0.6) is 0 Å². The lowest BCUT2D eigenvalue weighted by molar-refractivity contribution is -0.402. The van der Waals surface area contributed by atoms with Crippen LogP contribution in [0.1, 0.15) is 5.76 Å². The molecule has 2 aromatic heterocycles. The second-order valence-electron chi connectivity index (χ2n) is 3.80. The molecule has 3 rings (SSSR count). The van der Waals surface area contributed by atoms with Crippen molar-refractivity contribution in [1.82, 2.24) is 4.98 Å². The number of nitrogens with zero attached hydrogens (tertiary/aromatic N) is 2. The average molecular weight is 288 g/mol. The molecule has 0 aliphatic rings. The molecule has 2 heterocycles. The van der Waals surface area contributed by atoms with Gasteiger partial charge in [0.25, 0.3) is 5.22 Å². The molecule has 0 aliphatic heterocycles. The molecule has 0 amide bonds. The molecule has 0 bridgehead atoms. The van der Waals surface area contributed by atoms with Crippen molar-refractivity contribution in [2.45, 2.75) is 5.22 Å². The highest BCUT2D eigenvalue weighted by molar-refractivity contribution is 8.02. The van der Waals surface area contributed by atoms with Crippen molar-refractivity contribution in [3.8, 4) is 0 Å². The van der Waals surface area contributed by atoms with E-state index in [2.05, 4.69) is 4.98 Å². The minimum Gasteiger partial charge on any atom is -0.431 e. The zero-order chi connectivity index (χ0) is 13.9. The molecule has 20 heavy (non-hydrogen) atoms. The van der Waals surface area contributed by atoms with Crippen LogP contribution in [-0.2, 0) is 0 Å². The molecule has 0 atom stereocenters. The van der Waals surface area contributed by atoms with Gasteiger partial charge in [-0.25, -0.2) is 4.98 Å². The summed E-state index contributed by atoms with van der Waals surface area (Å²) >= 11 is 1.27. The quantitative estimate of drug-likeness (QED) is 0.408. The van der Waals surface area contributed by atoms with Crippen LogP contribution >= 0.6 is 11.8 Å². The molecular formula is C13H8N2O4S. The third-order valence-electron chi connectivity index (χ3n) is 2.47. The molecule has 3 aromatic rings. The molecule has 0 aliphatic carbocycles. The van der Waals surface area contributed by atoms with Gasteiger partial charge in [-0.1, -0.05) is 12.1 Å². The van der Waals surface area contributed by atoms with E-state index in [9.17, 15) is 10.1 Å². The number of para-hydroxylation sites is 2. The summed E-state index contributed by atoms with van der Waals surface area (Å²) in [5, 5.41) is 12.7. The lowest BCUT2D eigenvalue weighted by Crippen LogP contribution is -1.82. The van der Waals surface area contributed by atoms with E-state index in [4.69, 9.17) is 8.83 Å². The second kappa shape index (κ2) is 5.22. The fourth-order valence-corrected chi connectivity index (χ4v) is 2.20. The Morgan fingerprint density at radius 2 is 2.05 bits per heavy atom. The summed E-state index contributed by atoms with van der Waals surface area (Å²) in [6.45, 7) is 0. The standard InChI is InChI=1S/C13H8N2O4S/c16-15(17)12-6-5-9(18-12)7-8-20-13-14-10-3-1-2-4-11(10)19-13/h1-8H/b8-7+. The average Bonchev–Trinajstić information content (AvgIpc) is 3.04. The fraction of sp³-hybridized carbons (Fsp3) is 0. The van der Waals surface area contributed by atoms with Crippen LogP contribution in [0.15, 0.2) is 55.9 Å². The molecule has 0 saturated carbocycles. The lowest BCUT2D eigenvalue weighted by Gasteiger charge is -1.85. The van der Waals surface area contributed by atoms with Crippen molar-refractivity contribution in [3.05, 3.63) is 57.7 Å². The highest BCUT2D eigenvalue weighted by Gasteiger charge is 2.10. The number of nitro groups is 1. The number of aromatic nitrogens is 1. The lowest BCUT2D eigenvalue weighted by atomic mass is 10.3. The Morgan fingerprint density at radius 3 is 2.80 bits per heavy atom. The van der Waals surface area contributed by atoms with Crippen LogP contribution in [0.25, 0.3) is 17.2 Å². The van der Waals surface area contributed by atoms with E-state index in [-0.39, 0.29) is 5.88 Å². The number of fused-ring (bicyclic) bond motifs is 1. The minimum atomic E-state index is -0.578. The summed E-state index contributed by atoms with van der Waals surface area (Å²) in [5.41, 5.74) is 1.51. The molecule has 0 unspecified atom stereocenters. The molecule has 0 fully saturated rings. The number of thioether (sulfide) groups is 1. The van der Waals surface area contributed by atoms with Crippen LogP contribution in [-0.4, -0.2) is 9.91 Å². The van der Waals surface area contributed by atoms with Gasteiger partial charge in [0, 0.05) is 0 Å². The van der Waals surface area contributed by atoms with Crippen LogP contribution in [0.2, 0.25) is 0 Å². The van der Waals surface area contributed by atoms with Gasteiger partial charge in [0.05, 0.1) is 6.07 Å². The van der Waals surface area contributed by atoms with Gasteiger partial charge in [-0.2, -0.15) is 0 Å². The van der Waals surface area contributed by atoms with Crippen LogP contribution in [0.3, 0.4) is 0 Å². The van der Waals surface area contributed by atoms with E-state index < -0.39 is 4.92 Å². The van der Waals surface area contributed by atoms with Crippen LogP contribution in [0.4, 0.5) is 5.88 Å². The third kappa shape index (κ3) is 2.57. The van der Waals surface area contributed by atoms with Crippen LogP contribution in [0, 0.1) is 10.1 Å². The number of benzene rings is 1. The van der Waals surface area contributed by atoms with Crippen molar-refractivity contribution in [3.63, 3.8) is 0 Å². The highest BCUT2D eigenvalue weighted by Crippen LogP contribution is 2.25. The largest absolute Gasteiger partial charge is 0.433 e. The zero-order valence-corrected chi connectivity index (χ0v) is 10.9. The van der Waals surface area contributed by atoms with E-state index in [1.807, 2.05) is 24.3 Å². The molecule has 1 aromatic carbocycles. The van der Waals surface area contributed by atoms with E-state index in [1.165, 1.54) is 23.9 Å². The fourth-order valence-electron chi connectivity index (χ4n) is 1.59. The van der Waals surface area contributed by atoms with Crippen molar-refractivity contribution < 1.29 is 13.8 Å². The Morgan fingerprint density at radius 1 is 1.20 bits per heavy atom. The van der Waals surface area contributed by atoms with E-state index in [0.717, 1.165) is 11.1 Å². The molecule has 0 spiro atoms. The second-order valence-corrected chi connectivity index (χ2v) is 4.66. The summed E-state index contributed by atoms with van der Waals surface area (Å²) in [6.07, 6.45) is 1.62. The maximum Gasteiger partial charge on any atom is 0.433 e. The summed E-state index contributed by atoms with van der Waals surface area (Å²) in [7, 11) is 0. The van der Waals surface area contributed by atoms with Gasteiger partial charge in [0.15, 0.2) is 5.58 Å². The summed E-state index contributed by atoms with van der Waals surface area (Å²) < 4.78 is 10.5. The third-order valence-corrected chi connectivity index (χ3v) is 3.12. The van der Waals surface area contributed by atoms with Crippen molar-refractivity contribution >= 4 is 34.8 Å². The maximum atomic E-state index is 10.5. The molecule has 7 heteroatoms. The van der Waals surface area contributed by atoms with Gasteiger partial charge in [0.2, 0.25) is 0 Å². The zero-order valence-electron chi connectivity index (χ0n) is 10.1. The summed E-state index contributed by atoms with van der Waals surface area (Å²) in [6, 6.07) is 10.3. The van der Waals surface area contributed by atoms with Gasteiger partial charge in [-0.15, -0.1) is 0 Å². The molecular weight excluding hydrogens is 280 g/mol. The molecule has 0 saturated heterocycles. The predicted molar refractivity (Wildman–Crippen MR) is 74.3 cm³/mol. The SMILES string of the molecule is O=[N+]([O-])c1ccc(/C=C/Sc2nc3ccccc3o2)o1. The number of hydrogen-bond donors (Lipinski definition) is 0. The molecule has 6 nitrogen and oxygen atoms in total. The van der Waals surface area contributed by atoms with Gasteiger partial charge in [-0.3, -0.25) is 10.1 Å². The number of oxazole rings is 1. The number of hydrogen-bond acceptors (Lipinski definition) is 6. The Balaban J connectivity index is 1.71. The summed E-state index contributed by atoms with van der Waals surface area (Å²) in [5.74, 6) is 0.122. The predicted octanol–water partition coefficient (Wildman–Crippen LogP) is 4.09. The first kappa shape index (κ1) is 12.5. The topological polar surface area (TPSA) is 82.3 Å². The van der Waals surface area contributed by atoms with E-state index in [0.29, 0.717) is 11.0 Å². The smallest absolute Gasteiger partial charge is 0.431 e. The first-order chi connectivity index (χ1) is 9.72. The normalized spacial score (nSPS) is 11.4. The number of furan rings is 1.